The Morgan fingerprint density at radius 3 is 2.38 bits per heavy atom. The molecule has 0 atom stereocenters. The van der Waals surface area contributed by atoms with Gasteiger partial charge in [0.25, 0.3) is 0 Å². The fraction of sp³-hybridized carbons (Fsp3) is 0.364. The van der Waals surface area contributed by atoms with Crippen molar-refractivity contribution < 1.29 is 49.6 Å². The van der Waals surface area contributed by atoms with E-state index in [-0.39, 0.29) is 41.2 Å². The van der Waals surface area contributed by atoms with Gasteiger partial charge in [-0.1, -0.05) is 15.9 Å². The third-order valence-corrected chi connectivity index (χ3v) is 6.15. The van der Waals surface area contributed by atoms with E-state index in [0.29, 0.717) is 4.47 Å². The number of nitrogens with one attached hydrogen (secondary N) is 1. The highest BCUT2D eigenvalue weighted by Crippen LogP contribution is 2.38. The summed E-state index contributed by atoms with van der Waals surface area (Å²) < 4.78 is 25.2. The molecule has 1 aromatic heterocycles. The lowest BCUT2D eigenvalue weighted by atomic mass is 9.86. The number of aromatic nitrogens is 2. The van der Waals surface area contributed by atoms with Crippen LogP contribution in [-0.2, 0) is 0 Å². The SMILES string of the molecule is CN1CC(O)(O)C(COc2cc3ncnc(Nc4ccc(Br)cc4F)c3cc2OC(O)(O)O)C(O)(O)C1. The molecule has 0 amide bonds. The average molecular weight is 587 g/mol. The Morgan fingerprint density at radius 2 is 1.76 bits per heavy atom. The summed E-state index contributed by atoms with van der Waals surface area (Å²) >= 11 is 3.17. The number of likely N-dealkylation sites (N-methyl/N-ethyl adjacent to an activating group) is 1. The number of halogens is 2. The van der Waals surface area contributed by atoms with Gasteiger partial charge in [0, 0.05) is 15.9 Å². The number of nitrogens with zero attached hydrogens (tertiary/aromatic N) is 3. The Hall–Kier alpha value is -2.73. The van der Waals surface area contributed by atoms with Crippen molar-refractivity contribution >= 4 is 38.3 Å². The molecule has 0 saturated carbocycles. The lowest BCUT2D eigenvalue weighted by Crippen LogP contribution is -2.67. The standard InChI is InChI=1S/C22H24BrFN4O9/c1-28-8-20(29,30)18(21(31,32)9-28)7-36-16-6-15-12(5-17(16)37-22(33,34)35)19(26-10-25-15)27-14-3-2-11(23)4-13(14)24/h2-6,10,18,29-35H,7-9H2,1H3,(H,25,26,27). The third-order valence-electron chi connectivity index (χ3n) is 5.66. The van der Waals surface area contributed by atoms with Gasteiger partial charge >= 0.3 is 6.16 Å². The molecule has 37 heavy (non-hydrogen) atoms. The minimum absolute atomic E-state index is 0.0681. The average Bonchev–Trinajstić information content (AvgIpc) is 2.73. The van der Waals surface area contributed by atoms with Crippen molar-refractivity contribution in [2.45, 2.75) is 17.7 Å². The van der Waals surface area contributed by atoms with Gasteiger partial charge in [-0.2, -0.15) is 0 Å². The summed E-state index contributed by atoms with van der Waals surface area (Å²) in [6.07, 6.45) is -2.48. The van der Waals surface area contributed by atoms with Crippen LogP contribution in [0.3, 0.4) is 0 Å². The van der Waals surface area contributed by atoms with Gasteiger partial charge in [0.1, 0.15) is 30.5 Å². The molecule has 15 heteroatoms. The summed E-state index contributed by atoms with van der Waals surface area (Å²) in [5.74, 6) is -7.99. The molecule has 0 radical (unpaired) electrons. The molecule has 8 N–H and O–H groups in total. The molecule has 1 saturated heterocycles. The number of anilines is 2. The maximum atomic E-state index is 14.4. The van der Waals surface area contributed by atoms with Gasteiger partial charge in [-0.25, -0.2) is 14.4 Å². The van der Waals surface area contributed by atoms with Crippen LogP contribution in [0, 0.1) is 11.7 Å². The molecule has 1 aliphatic rings. The number of hydrogen-bond acceptors (Lipinski definition) is 13. The van der Waals surface area contributed by atoms with Crippen molar-refractivity contribution in [2.24, 2.45) is 5.92 Å². The number of β-amino-alcohol motifs (C(OH)–C–C–N with tert-alkyl or cyclic N) is 4. The number of piperidine rings is 1. The first kappa shape index (κ1) is 27.3. The molecule has 13 nitrogen and oxygen atoms in total. The van der Waals surface area contributed by atoms with Gasteiger partial charge < -0.3 is 50.5 Å². The Labute approximate surface area is 217 Å². The first-order valence-corrected chi connectivity index (χ1v) is 11.5. The number of rotatable bonds is 7. The second-order valence-electron chi connectivity index (χ2n) is 8.76. The molecule has 2 aromatic carbocycles. The van der Waals surface area contributed by atoms with Crippen molar-refractivity contribution in [3.05, 3.63) is 46.9 Å². The lowest BCUT2D eigenvalue weighted by molar-refractivity contribution is -0.419. The summed E-state index contributed by atoms with van der Waals surface area (Å²) in [5, 5.41) is 72.7. The topological polar surface area (TPSA) is 201 Å². The predicted molar refractivity (Wildman–Crippen MR) is 128 cm³/mol. The van der Waals surface area contributed by atoms with E-state index < -0.39 is 41.8 Å². The van der Waals surface area contributed by atoms with E-state index >= 15 is 0 Å². The van der Waals surface area contributed by atoms with Crippen molar-refractivity contribution in [1.29, 1.82) is 0 Å². The molecule has 0 spiro atoms. The molecular weight excluding hydrogens is 563 g/mol. The van der Waals surface area contributed by atoms with Gasteiger partial charge in [-0.15, -0.1) is 0 Å². The van der Waals surface area contributed by atoms with E-state index in [4.69, 9.17) is 9.47 Å². The second-order valence-corrected chi connectivity index (χ2v) is 9.67. The normalized spacial score (nSPS) is 18.1. The van der Waals surface area contributed by atoms with Crippen LogP contribution >= 0.6 is 15.9 Å². The molecule has 0 unspecified atom stereocenters. The summed E-state index contributed by atoms with van der Waals surface area (Å²) in [7, 11) is 1.46. The minimum atomic E-state index is -3.64. The quantitative estimate of drug-likeness (QED) is 0.165. The van der Waals surface area contributed by atoms with E-state index in [9.17, 15) is 40.1 Å². The van der Waals surface area contributed by atoms with Crippen molar-refractivity contribution in [1.82, 2.24) is 14.9 Å². The fourth-order valence-electron chi connectivity index (χ4n) is 4.10. The molecule has 4 rings (SSSR count). The Bertz CT molecular complexity index is 1290. The zero-order chi connectivity index (χ0) is 27.2. The third kappa shape index (κ3) is 6.23. The monoisotopic (exact) mass is 586 g/mol. The molecule has 1 aliphatic heterocycles. The maximum absolute atomic E-state index is 14.4. The smallest absolute Gasteiger partial charge is 0.453 e. The molecule has 1 fully saturated rings. The highest BCUT2D eigenvalue weighted by Gasteiger charge is 2.53. The molecule has 3 aromatic rings. The Balaban J connectivity index is 1.71. The van der Waals surface area contributed by atoms with Gasteiger partial charge in [0.05, 0.1) is 24.3 Å². The highest BCUT2D eigenvalue weighted by atomic mass is 79.9. The molecule has 200 valence electrons. The summed E-state index contributed by atoms with van der Waals surface area (Å²) in [6.45, 7) is -1.30. The van der Waals surface area contributed by atoms with Crippen molar-refractivity contribution in [3.63, 3.8) is 0 Å². The number of hydrogen-bond donors (Lipinski definition) is 8. The number of benzene rings is 2. The largest absolute Gasteiger partial charge is 0.489 e. The summed E-state index contributed by atoms with van der Waals surface area (Å²) in [6, 6.07) is 6.68. The van der Waals surface area contributed by atoms with Crippen LogP contribution in [-0.4, -0.2) is 95.1 Å². The Kier molecular flexibility index (Phi) is 7.28. The lowest BCUT2D eigenvalue weighted by Gasteiger charge is -2.47. The van der Waals surface area contributed by atoms with E-state index in [0.717, 1.165) is 12.4 Å². The molecule has 0 aliphatic carbocycles. The van der Waals surface area contributed by atoms with Gasteiger partial charge in [0.2, 0.25) is 0 Å². The first-order valence-electron chi connectivity index (χ1n) is 10.7. The van der Waals surface area contributed by atoms with E-state index in [1.807, 2.05) is 0 Å². The van der Waals surface area contributed by atoms with Crippen LogP contribution in [0.2, 0.25) is 0 Å². The highest BCUT2D eigenvalue weighted by molar-refractivity contribution is 9.10. The van der Waals surface area contributed by atoms with Crippen molar-refractivity contribution in [2.75, 3.05) is 32.1 Å². The number of aliphatic hydroxyl groups is 7. The summed E-state index contributed by atoms with van der Waals surface area (Å²) in [5.41, 5.74) is 0.261. The van der Waals surface area contributed by atoms with Gasteiger partial charge in [0.15, 0.2) is 23.1 Å². The minimum Gasteiger partial charge on any atom is -0.489 e. The fourth-order valence-corrected chi connectivity index (χ4v) is 4.44. The van der Waals surface area contributed by atoms with Crippen LogP contribution in [0.5, 0.6) is 11.5 Å². The van der Waals surface area contributed by atoms with Crippen LogP contribution in [0.15, 0.2) is 41.1 Å². The van der Waals surface area contributed by atoms with Crippen molar-refractivity contribution in [3.8, 4) is 11.5 Å². The van der Waals surface area contributed by atoms with E-state index in [2.05, 4.69) is 31.2 Å². The first-order chi connectivity index (χ1) is 17.1. The second kappa shape index (κ2) is 9.86. The number of ether oxygens (including phenoxy) is 2. The van der Waals surface area contributed by atoms with E-state index in [1.54, 1.807) is 6.07 Å². The zero-order valence-electron chi connectivity index (χ0n) is 19.2. The van der Waals surface area contributed by atoms with Crippen LogP contribution < -0.4 is 14.8 Å². The summed E-state index contributed by atoms with van der Waals surface area (Å²) in [4.78, 5) is 9.48. The number of fused-ring (bicyclic) bond motifs is 1. The van der Waals surface area contributed by atoms with E-state index in [1.165, 1.54) is 30.1 Å². The Morgan fingerprint density at radius 1 is 1.08 bits per heavy atom. The number of likely N-dealkylation sites (tertiary alicyclic amines) is 1. The van der Waals surface area contributed by atoms with Gasteiger partial charge in [-0.3, -0.25) is 4.90 Å². The van der Waals surface area contributed by atoms with Crippen LogP contribution in [0.25, 0.3) is 10.9 Å². The predicted octanol–water partition coefficient (Wildman–Crippen LogP) is -0.456. The maximum Gasteiger partial charge on any atom is 0.453 e. The van der Waals surface area contributed by atoms with Crippen LogP contribution in [0.1, 0.15) is 0 Å². The van der Waals surface area contributed by atoms with Crippen LogP contribution in [0.4, 0.5) is 15.9 Å². The van der Waals surface area contributed by atoms with Gasteiger partial charge in [-0.05, 0) is 31.3 Å². The molecule has 2 heterocycles. The zero-order valence-corrected chi connectivity index (χ0v) is 20.8. The molecular formula is C22H24BrFN4O9. The molecule has 0 bridgehead atoms.